The minimum atomic E-state index is -0.691. The maximum absolute atomic E-state index is 13.2. The van der Waals surface area contributed by atoms with Crippen LogP contribution in [-0.4, -0.2) is 72.9 Å². The maximum Gasteiger partial charge on any atom is 0.323 e. The van der Waals surface area contributed by atoms with E-state index < -0.39 is 6.04 Å². The van der Waals surface area contributed by atoms with Crippen molar-refractivity contribution in [3.05, 3.63) is 36.0 Å². The van der Waals surface area contributed by atoms with Gasteiger partial charge in [0.05, 0.1) is 31.7 Å². The molecule has 2 N–H and O–H groups in total. The van der Waals surface area contributed by atoms with Crippen LogP contribution in [0.15, 0.2) is 30.5 Å². The highest BCUT2D eigenvalue weighted by Crippen LogP contribution is 2.24. The number of benzene rings is 1. The lowest BCUT2D eigenvalue weighted by Crippen LogP contribution is -2.34. The summed E-state index contributed by atoms with van der Waals surface area (Å²) in [6, 6.07) is 7.51. The van der Waals surface area contributed by atoms with Crippen molar-refractivity contribution in [1.29, 1.82) is 0 Å². The van der Waals surface area contributed by atoms with E-state index in [0.717, 1.165) is 152 Å². The van der Waals surface area contributed by atoms with E-state index in [4.69, 9.17) is 19.9 Å². The molecule has 1 aromatic carbocycles. The van der Waals surface area contributed by atoms with Gasteiger partial charge in [-0.3, -0.25) is 14.4 Å². The maximum atomic E-state index is 13.2. The standard InChI is InChI=1S/C60H107N3O6/c1-6-10-14-18-20-28-40-52(38-26-16-12-8-3)58(64)67-47-35-24-22-32-44-63(46-34-37-49-69-60(66)56(61)50-54-51-62(5)57-43-31-30-42-55(54)57)45-33-23-25-36-48-68-59(65)53(39-27-17-13-9-4)41-29-21-19-15-11-7-2/h30-31,42-43,51-53,56H,6-29,32-41,44-50,61H2,1-5H3. The van der Waals surface area contributed by atoms with Crippen LogP contribution in [0.1, 0.15) is 252 Å². The van der Waals surface area contributed by atoms with Crippen LogP contribution in [0.3, 0.4) is 0 Å². The number of aryl methyl sites for hydroxylation is 1. The van der Waals surface area contributed by atoms with E-state index in [1.807, 2.05) is 19.2 Å². The van der Waals surface area contributed by atoms with Gasteiger partial charge >= 0.3 is 17.9 Å². The molecule has 2 aromatic rings. The Balaban J connectivity index is 1.80. The third-order valence-electron chi connectivity index (χ3n) is 14.4. The molecule has 3 unspecified atom stereocenters. The Morgan fingerprint density at radius 1 is 0.478 bits per heavy atom. The molecule has 0 aliphatic heterocycles. The van der Waals surface area contributed by atoms with E-state index in [2.05, 4.69) is 55.5 Å². The van der Waals surface area contributed by atoms with Gasteiger partial charge in [0.15, 0.2) is 0 Å². The lowest BCUT2D eigenvalue weighted by Gasteiger charge is -2.22. The zero-order valence-electron chi connectivity index (χ0n) is 45.5. The Bertz CT molecular complexity index is 1490. The van der Waals surface area contributed by atoms with Crippen LogP contribution in [0.2, 0.25) is 0 Å². The van der Waals surface area contributed by atoms with E-state index >= 15 is 0 Å². The van der Waals surface area contributed by atoms with Gasteiger partial charge in [0.2, 0.25) is 0 Å². The van der Waals surface area contributed by atoms with E-state index in [1.54, 1.807) is 0 Å². The second-order valence-corrected chi connectivity index (χ2v) is 20.7. The molecule has 1 aromatic heterocycles. The van der Waals surface area contributed by atoms with Gasteiger partial charge in [-0.05, 0) is 95.5 Å². The number of ether oxygens (including phenoxy) is 3. The van der Waals surface area contributed by atoms with Crippen molar-refractivity contribution in [3.8, 4) is 0 Å². The number of nitrogens with zero attached hydrogens (tertiary/aromatic N) is 2. The number of hydrogen-bond acceptors (Lipinski definition) is 8. The third-order valence-corrected chi connectivity index (χ3v) is 14.4. The third kappa shape index (κ3) is 30.5. The van der Waals surface area contributed by atoms with Crippen molar-refractivity contribution in [2.45, 2.75) is 258 Å². The Hall–Kier alpha value is -2.91. The van der Waals surface area contributed by atoms with E-state index in [1.165, 1.54) is 103 Å². The molecule has 1 heterocycles. The normalized spacial score (nSPS) is 13.0. The fourth-order valence-electron chi connectivity index (χ4n) is 9.86. The van der Waals surface area contributed by atoms with Crippen LogP contribution in [0.25, 0.3) is 10.9 Å². The van der Waals surface area contributed by atoms with Crippen molar-refractivity contribution in [2.24, 2.45) is 24.6 Å². The summed E-state index contributed by atoms with van der Waals surface area (Å²) < 4.78 is 19.5. The van der Waals surface area contributed by atoms with Crippen LogP contribution in [0, 0.1) is 11.8 Å². The quantitative estimate of drug-likeness (QED) is 0.0396. The minimum Gasteiger partial charge on any atom is -0.465 e. The highest BCUT2D eigenvalue weighted by atomic mass is 16.5. The Morgan fingerprint density at radius 3 is 1.29 bits per heavy atom. The fourth-order valence-corrected chi connectivity index (χ4v) is 9.86. The zero-order chi connectivity index (χ0) is 50.0. The number of esters is 3. The average molecular weight is 967 g/mol. The monoisotopic (exact) mass is 966 g/mol. The molecule has 9 nitrogen and oxygen atoms in total. The van der Waals surface area contributed by atoms with E-state index in [-0.39, 0.29) is 29.7 Å². The van der Waals surface area contributed by atoms with E-state index in [0.29, 0.717) is 26.2 Å². The van der Waals surface area contributed by atoms with Crippen LogP contribution in [0.4, 0.5) is 0 Å². The molecule has 0 spiro atoms. The van der Waals surface area contributed by atoms with Crippen LogP contribution in [0.5, 0.6) is 0 Å². The molecule has 0 saturated heterocycles. The summed E-state index contributed by atoms with van der Waals surface area (Å²) in [5.41, 5.74) is 8.54. The zero-order valence-corrected chi connectivity index (χ0v) is 45.5. The largest absolute Gasteiger partial charge is 0.465 e. The lowest BCUT2D eigenvalue weighted by atomic mass is 9.94. The summed E-state index contributed by atoms with van der Waals surface area (Å²) in [6.45, 7) is 13.4. The van der Waals surface area contributed by atoms with Gasteiger partial charge in [0.1, 0.15) is 6.04 Å². The molecule has 9 heteroatoms. The van der Waals surface area contributed by atoms with Crippen LogP contribution in [-0.2, 0) is 42.1 Å². The summed E-state index contributed by atoms with van der Waals surface area (Å²) in [4.78, 5) is 41.8. The number of unbranched alkanes of at least 4 members (excludes halogenated alkanes) is 23. The van der Waals surface area contributed by atoms with Gasteiger partial charge in [0.25, 0.3) is 0 Å². The first kappa shape index (κ1) is 62.2. The fraction of sp³-hybridized carbons (Fsp3) is 0.817. The summed E-state index contributed by atoms with van der Waals surface area (Å²) in [5.74, 6) is -0.148. The van der Waals surface area contributed by atoms with E-state index in [9.17, 15) is 14.4 Å². The second kappa shape index (κ2) is 42.7. The first-order valence-electron chi connectivity index (χ1n) is 29.3. The molecule has 398 valence electrons. The molecule has 0 saturated carbocycles. The van der Waals surface area contributed by atoms with Crippen molar-refractivity contribution in [3.63, 3.8) is 0 Å². The molecule has 0 bridgehead atoms. The molecule has 0 fully saturated rings. The summed E-state index contributed by atoms with van der Waals surface area (Å²) in [5, 5.41) is 1.13. The SMILES string of the molecule is CCCCCCCCC(CCCCCC)C(=O)OCCCCCCN(CCCCCCOC(=O)C(CCCCCC)CCCCCCCC)CCCCOC(=O)C(N)Cc1cn(C)c2ccccc12. The Morgan fingerprint density at radius 2 is 0.826 bits per heavy atom. The number of hydrogen-bond donors (Lipinski definition) is 1. The minimum absolute atomic E-state index is 0.0346. The van der Waals surface area contributed by atoms with Gasteiger partial charge in [-0.15, -0.1) is 0 Å². The number of carbonyl (C=O) groups is 3. The van der Waals surface area contributed by atoms with Crippen molar-refractivity contribution in [1.82, 2.24) is 9.47 Å². The van der Waals surface area contributed by atoms with Gasteiger partial charge < -0.3 is 29.4 Å². The molecule has 0 aliphatic carbocycles. The summed E-state index contributed by atoms with van der Waals surface area (Å²) >= 11 is 0. The molecule has 0 aliphatic rings. The van der Waals surface area contributed by atoms with Crippen LogP contribution >= 0.6 is 0 Å². The molecule has 3 atom stereocenters. The van der Waals surface area contributed by atoms with Crippen molar-refractivity contribution >= 4 is 28.8 Å². The Kier molecular flexibility index (Phi) is 38.5. The van der Waals surface area contributed by atoms with Crippen molar-refractivity contribution in [2.75, 3.05) is 39.5 Å². The van der Waals surface area contributed by atoms with Crippen molar-refractivity contribution < 1.29 is 28.6 Å². The molecule has 2 rings (SSSR count). The first-order chi connectivity index (χ1) is 33.7. The lowest BCUT2D eigenvalue weighted by molar-refractivity contribution is -0.150. The van der Waals surface area contributed by atoms with Crippen LogP contribution < -0.4 is 5.73 Å². The predicted molar refractivity (Wildman–Crippen MR) is 291 cm³/mol. The second-order valence-electron chi connectivity index (χ2n) is 20.7. The van der Waals surface area contributed by atoms with Gasteiger partial charge in [-0.1, -0.05) is 200 Å². The highest BCUT2D eigenvalue weighted by Gasteiger charge is 2.21. The summed E-state index contributed by atoms with van der Waals surface area (Å²) in [7, 11) is 2.02. The van der Waals surface area contributed by atoms with Gasteiger partial charge in [-0.25, -0.2) is 0 Å². The summed E-state index contributed by atoms with van der Waals surface area (Å²) in [6.07, 6.45) is 41.2. The molecular weight excluding hydrogens is 859 g/mol. The number of aromatic nitrogens is 1. The molecule has 0 radical (unpaired) electrons. The number of para-hydroxylation sites is 1. The topological polar surface area (TPSA) is 113 Å². The number of fused-ring (bicyclic) bond motifs is 1. The first-order valence-corrected chi connectivity index (χ1v) is 29.3. The Labute approximate surface area is 423 Å². The van der Waals surface area contributed by atoms with Gasteiger partial charge in [-0.2, -0.15) is 0 Å². The number of carbonyl (C=O) groups excluding carboxylic acids is 3. The molecular formula is C60H107N3O6. The highest BCUT2D eigenvalue weighted by molar-refractivity contribution is 5.85. The molecule has 0 amide bonds. The number of nitrogens with two attached hydrogens (primary N) is 1. The smallest absolute Gasteiger partial charge is 0.323 e. The van der Waals surface area contributed by atoms with Gasteiger partial charge in [0, 0.05) is 30.6 Å². The number of rotatable bonds is 48. The molecule has 69 heavy (non-hydrogen) atoms. The average Bonchev–Trinajstić information content (AvgIpc) is 3.67. The predicted octanol–water partition coefficient (Wildman–Crippen LogP) is 15.6.